The van der Waals surface area contributed by atoms with Gasteiger partial charge in [0.15, 0.2) is 0 Å². The molecule has 1 unspecified atom stereocenters. The number of fused-ring (bicyclic) bond motifs is 1. The van der Waals surface area contributed by atoms with Crippen molar-refractivity contribution in [2.75, 3.05) is 12.9 Å². The molecule has 0 saturated heterocycles. The van der Waals surface area contributed by atoms with Crippen molar-refractivity contribution in [1.29, 1.82) is 0 Å². The van der Waals surface area contributed by atoms with Crippen LogP contribution in [0.4, 0.5) is 0 Å². The maximum absolute atomic E-state index is 11.6. The van der Waals surface area contributed by atoms with E-state index in [0.29, 0.717) is 17.7 Å². The molecule has 1 aromatic carbocycles. The van der Waals surface area contributed by atoms with Crippen molar-refractivity contribution in [2.24, 2.45) is 5.73 Å². The summed E-state index contributed by atoms with van der Waals surface area (Å²) in [5.74, 6) is 0.611. The molecule has 18 heavy (non-hydrogen) atoms. The molecular weight excluding hydrogens is 250 g/mol. The Kier molecular flexibility index (Phi) is 3.54. The molecule has 0 spiro atoms. The van der Waals surface area contributed by atoms with E-state index < -0.39 is 11.5 Å². The summed E-state index contributed by atoms with van der Waals surface area (Å²) >= 11 is 1.66. The summed E-state index contributed by atoms with van der Waals surface area (Å²) in [7, 11) is 1.58. The van der Waals surface area contributed by atoms with E-state index in [1.165, 1.54) is 0 Å². The van der Waals surface area contributed by atoms with Crippen LogP contribution in [-0.2, 0) is 10.3 Å². The van der Waals surface area contributed by atoms with Gasteiger partial charge in [-0.3, -0.25) is 0 Å². The second-order valence-corrected chi connectivity index (χ2v) is 5.63. The number of carboxylic acid groups (broad SMARTS) is 1. The number of carbonyl (C=O) groups is 1. The molecule has 3 N–H and O–H groups in total. The van der Waals surface area contributed by atoms with Crippen molar-refractivity contribution in [1.82, 2.24) is 0 Å². The molecule has 0 aromatic heterocycles. The topological polar surface area (TPSA) is 72.5 Å². The third-order valence-electron chi connectivity index (χ3n) is 3.40. The second-order valence-electron chi connectivity index (χ2n) is 4.49. The van der Waals surface area contributed by atoms with Gasteiger partial charge in [0, 0.05) is 10.5 Å². The van der Waals surface area contributed by atoms with E-state index >= 15 is 0 Å². The Hall–Kier alpha value is -1.20. The zero-order valence-electron chi connectivity index (χ0n) is 10.5. The Morgan fingerprint density at radius 1 is 1.56 bits per heavy atom. The molecule has 4 nitrogen and oxygen atoms in total. The molecule has 1 aromatic rings. The fraction of sp³-hybridized carbons (Fsp3) is 0.462. The highest BCUT2D eigenvalue weighted by molar-refractivity contribution is 7.99. The number of methoxy groups -OCH3 is 1. The van der Waals surface area contributed by atoms with Crippen molar-refractivity contribution < 1.29 is 14.6 Å². The van der Waals surface area contributed by atoms with Gasteiger partial charge < -0.3 is 15.6 Å². The van der Waals surface area contributed by atoms with E-state index in [1.807, 2.05) is 19.1 Å². The number of nitrogens with two attached hydrogens (primary N) is 1. The van der Waals surface area contributed by atoms with Crippen LogP contribution in [0.25, 0.3) is 0 Å². The minimum atomic E-state index is -1.31. The molecule has 1 atom stereocenters. The first-order valence-corrected chi connectivity index (χ1v) is 6.82. The minimum absolute atomic E-state index is 0.455. The molecule has 0 bridgehead atoms. The average molecular weight is 267 g/mol. The summed E-state index contributed by atoms with van der Waals surface area (Å²) in [6.45, 7) is 1.87. The summed E-state index contributed by atoms with van der Waals surface area (Å²) in [4.78, 5) is 12.5. The molecule has 0 saturated carbocycles. The Morgan fingerprint density at radius 3 is 2.89 bits per heavy atom. The SMILES string of the molecule is COc1ccc2c(c1C)C(N)(C(=O)O)CCCS2. The Morgan fingerprint density at radius 2 is 2.28 bits per heavy atom. The number of ether oxygens (including phenoxy) is 1. The van der Waals surface area contributed by atoms with Crippen LogP contribution in [-0.4, -0.2) is 23.9 Å². The predicted octanol–water partition coefficient (Wildman–Crippen LogP) is 2.13. The largest absolute Gasteiger partial charge is 0.496 e. The number of rotatable bonds is 2. The summed E-state index contributed by atoms with van der Waals surface area (Å²) in [6, 6.07) is 3.77. The fourth-order valence-corrected chi connectivity index (χ4v) is 3.59. The monoisotopic (exact) mass is 267 g/mol. The Labute approximate surface area is 111 Å². The maximum Gasteiger partial charge on any atom is 0.328 e. The first kappa shape index (κ1) is 13.2. The van der Waals surface area contributed by atoms with E-state index in [1.54, 1.807) is 18.9 Å². The van der Waals surface area contributed by atoms with Crippen molar-refractivity contribution in [3.05, 3.63) is 23.3 Å². The van der Waals surface area contributed by atoms with Crippen LogP contribution in [0.3, 0.4) is 0 Å². The van der Waals surface area contributed by atoms with Gasteiger partial charge in [0.25, 0.3) is 0 Å². The molecule has 2 rings (SSSR count). The van der Waals surface area contributed by atoms with Gasteiger partial charge in [0.1, 0.15) is 11.3 Å². The van der Waals surface area contributed by atoms with Crippen LogP contribution in [0.2, 0.25) is 0 Å². The quantitative estimate of drug-likeness (QED) is 0.858. The van der Waals surface area contributed by atoms with E-state index in [2.05, 4.69) is 0 Å². The molecule has 0 aliphatic carbocycles. The van der Waals surface area contributed by atoms with Gasteiger partial charge in [-0.05, 0) is 43.2 Å². The number of aliphatic carboxylic acids is 1. The van der Waals surface area contributed by atoms with Crippen LogP contribution in [0, 0.1) is 6.92 Å². The van der Waals surface area contributed by atoms with Crippen molar-refractivity contribution in [2.45, 2.75) is 30.2 Å². The van der Waals surface area contributed by atoms with E-state index in [9.17, 15) is 9.90 Å². The number of benzene rings is 1. The molecule has 0 fully saturated rings. The van der Waals surface area contributed by atoms with Crippen molar-refractivity contribution in [3.8, 4) is 5.75 Å². The highest BCUT2D eigenvalue weighted by atomic mass is 32.2. The van der Waals surface area contributed by atoms with Gasteiger partial charge in [-0.15, -0.1) is 11.8 Å². The summed E-state index contributed by atoms with van der Waals surface area (Å²) in [5, 5.41) is 9.48. The lowest BCUT2D eigenvalue weighted by Gasteiger charge is -2.27. The molecular formula is C13H17NO3S. The summed E-state index contributed by atoms with van der Waals surface area (Å²) in [5.41, 5.74) is 6.39. The molecule has 1 heterocycles. The van der Waals surface area contributed by atoms with Gasteiger partial charge in [-0.1, -0.05) is 0 Å². The predicted molar refractivity (Wildman–Crippen MR) is 71.2 cm³/mol. The molecule has 0 radical (unpaired) electrons. The van der Waals surface area contributed by atoms with Gasteiger partial charge in [-0.2, -0.15) is 0 Å². The van der Waals surface area contributed by atoms with E-state index in [0.717, 1.165) is 22.6 Å². The van der Waals surface area contributed by atoms with Crippen molar-refractivity contribution in [3.63, 3.8) is 0 Å². The molecule has 0 amide bonds. The van der Waals surface area contributed by atoms with Crippen LogP contribution < -0.4 is 10.5 Å². The maximum atomic E-state index is 11.6. The minimum Gasteiger partial charge on any atom is -0.496 e. The van der Waals surface area contributed by atoms with Gasteiger partial charge in [-0.25, -0.2) is 4.79 Å². The number of hydrogen-bond acceptors (Lipinski definition) is 4. The normalized spacial score (nSPS) is 23.1. The summed E-state index contributed by atoms with van der Waals surface area (Å²) in [6.07, 6.45) is 1.25. The first-order chi connectivity index (χ1) is 8.50. The third-order valence-corrected chi connectivity index (χ3v) is 4.54. The average Bonchev–Trinajstić information content (AvgIpc) is 2.51. The lowest BCUT2D eigenvalue weighted by Crippen LogP contribution is -2.45. The van der Waals surface area contributed by atoms with Gasteiger partial charge >= 0.3 is 5.97 Å². The zero-order chi connectivity index (χ0) is 13.3. The van der Waals surface area contributed by atoms with Crippen LogP contribution in [0.15, 0.2) is 17.0 Å². The van der Waals surface area contributed by atoms with E-state index in [4.69, 9.17) is 10.5 Å². The van der Waals surface area contributed by atoms with Gasteiger partial charge in [0.2, 0.25) is 0 Å². The third kappa shape index (κ3) is 1.97. The number of thioether (sulfide) groups is 1. The Bertz CT molecular complexity index is 489. The lowest BCUT2D eigenvalue weighted by atomic mass is 9.83. The van der Waals surface area contributed by atoms with Crippen LogP contribution >= 0.6 is 11.8 Å². The first-order valence-electron chi connectivity index (χ1n) is 5.84. The van der Waals surface area contributed by atoms with Crippen LogP contribution in [0.1, 0.15) is 24.0 Å². The van der Waals surface area contributed by atoms with Crippen LogP contribution in [0.5, 0.6) is 5.75 Å². The number of carboxylic acids is 1. The summed E-state index contributed by atoms with van der Waals surface area (Å²) < 4.78 is 5.27. The lowest BCUT2D eigenvalue weighted by molar-refractivity contribution is -0.144. The van der Waals surface area contributed by atoms with Gasteiger partial charge in [0.05, 0.1) is 7.11 Å². The van der Waals surface area contributed by atoms with Crippen molar-refractivity contribution >= 4 is 17.7 Å². The number of hydrogen-bond donors (Lipinski definition) is 2. The highest BCUT2D eigenvalue weighted by Gasteiger charge is 2.40. The highest BCUT2D eigenvalue weighted by Crippen LogP contribution is 2.42. The standard InChI is InChI=1S/C13H17NO3S/c1-8-9(17-2)4-5-10-11(8)13(14,12(15)16)6-3-7-18-10/h4-5H,3,6-7,14H2,1-2H3,(H,15,16). The molecule has 1 aliphatic rings. The fourth-order valence-electron chi connectivity index (χ4n) is 2.44. The second kappa shape index (κ2) is 4.82. The molecule has 1 aliphatic heterocycles. The molecule has 5 heteroatoms. The zero-order valence-corrected chi connectivity index (χ0v) is 11.3. The smallest absolute Gasteiger partial charge is 0.328 e. The molecule has 98 valence electrons. The van der Waals surface area contributed by atoms with E-state index in [-0.39, 0.29) is 0 Å². The Balaban J connectivity index is 2.69.